The molecule has 1 aliphatic heterocycles. The van der Waals surface area contributed by atoms with Crippen LogP contribution >= 0.6 is 11.6 Å². The molecule has 1 aliphatic rings. The van der Waals surface area contributed by atoms with E-state index in [1.54, 1.807) is 0 Å². The van der Waals surface area contributed by atoms with Crippen LogP contribution in [0.25, 0.3) is 0 Å². The zero-order chi connectivity index (χ0) is 11.1. The lowest BCUT2D eigenvalue weighted by Gasteiger charge is -2.27. The molecule has 1 aromatic rings. The molecule has 0 saturated carbocycles. The maximum absolute atomic E-state index is 11.4. The van der Waals surface area contributed by atoms with Crippen molar-refractivity contribution >= 4 is 17.5 Å². The Hall–Kier alpha value is -1.02. The van der Waals surface area contributed by atoms with Crippen LogP contribution < -0.4 is 5.32 Å². The first-order chi connectivity index (χ1) is 7.00. The van der Waals surface area contributed by atoms with Crippen molar-refractivity contribution in [2.24, 2.45) is 0 Å². The van der Waals surface area contributed by atoms with Crippen LogP contribution in [-0.2, 0) is 4.79 Å². The van der Waals surface area contributed by atoms with Crippen LogP contribution in [0.3, 0.4) is 0 Å². The van der Waals surface area contributed by atoms with Gasteiger partial charge in [-0.25, -0.2) is 0 Å². The number of hydrogen-bond donors (Lipinski definition) is 1. The Bertz CT molecular complexity index is 400. The molecule has 0 bridgehead atoms. The Labute approximate surface area is 94.6 Å². The Morgan fingerprint density at radius 2 is 2.07 bits per heavy atom. The van der Waals surface area contributed by atoms with Crippen molar-refractivity contribution in [3.63, 3.8) is 0 Å². The highest BCUT2D eigenvalue weighted by Gasteiger charge is 2.40. The third kappa shape index (κ3) is 1.86. The molecule has 0 aromatic heterocycles. The van der Waals surface area contributed by atoms with E-state index in [9.17, 15) is 4.79 Å². The summed E-state index contributed by atoms with van der Waals surface area (Å²) in [5, 5.41) is 3.71. The van der Waals surface area contributed by atoms with Crippen molar-refractivity contribution in [2.45, 2.75) is 31.7 Å². The summed E-state index contributed by atoms with van der Waals surface area (Å²) in [5.41, 5.74) is 0.852. The summed E-state index contributed by atoms with van der Waals surface area (Å²) in [5.74, 6) is 0.267. The van der Waals surface area contributed by atoms with Crippen LogP contribution in [0, 0.1) is 0 Å². The second-order valence-corrected chi connectivity index (χ2v) is 4.96. The second kappa shape index (κ2) is 3.53. The van der Waals surface area contributed by atoms with E-state index in [4.69, 9.17) is 11.6 Å². The minimum atomic E-state index is -0.206. The standard InChI is InChI=1S/C12H14ClNO/c1-12(2)9(7-11(15)14-12)8-5-3-4-6-10(8)13/h3-6,9H,7H2,1-2H3,(H,14,15). The van der Waals surface area contributed by atoms with Gasteiger partial charge in [0.25, 0.3) is 0 Å². The van der Waals surface area contributed by atoms with Crippen LogP contribution in [0.2, 0.25) is 5.02 Å². The van der Waals surface area contributed by atoms with Gasteiger partial charge in [0.1, 0.15) is 0 Å². The molecule has 1 aromatic carbocycles. The van der Waals surface area contributed by atoms with E-state index in [0.717, 1.165) is 10.6 Å². The first-order valence-corrected chi connectivity index (χ1v) is 5.44. The van der Waals surface area contributed by atoms with Gasteiger partial charge in [0, 0.05) is 22.9 Å². The average molecular weight is 224 g/mol. The molecule has 1 amide bonds. The highest BCUT2D eigenvalue weighted by atomic mass is 35.5. The van der Waals surface area contributed by atoms with E-state index in [1.807, 2.05) is 38.1 Å². The molecule has 80 valence electrons. The Morgan fingerprint density at radius 1 is 1.40 bits per heavy atom. The molecule has 1 N–H and O–H groups in total. The molecule has 1 atom stereocenters. The third-order valence-electron chi connectivity index (χ3n) is 3.00. The first-order valence-electron chi connectivity index (χ1n) is 5.06. The van der Waals surface area contributed by atoms with Crippen LogP contribution in [-0.4, -0.2) is 11.4 Å². The van der Waals surface area contributed by atoms with Gasteiger partial charge in [0.15, 0.2) is 0 Å². The highest BCUT2D eigenvalue weighted by Crippen LogP contribution is 2.38. The smallest absolute Gasteiger partial charge is 0.221 e. The molecule has 1 saturated heterocycles. The number of carbonyl (C=O) groups is 1. The van der Waals surface area contributed by atoms with Gasteiger partial charge in [-0.15, -0.1) is 0 Å². The highest BCUT2D eigenvalue weighted by molar-refractivity contribution is 6.31. The van der Waals surface area contributed by atoms with E-state index in [-0.39, 0.29) is 17.4 Å². The van der Waals surface area contributed by atoms with E-state index in [0.29, 0.717) is 6.42 Å². The summed E-state index contributed by atoms with van der Waals surface area (Å²) >= 11 is 6.14. The molecule has 0 spiro atoms. The molecule has 2 nitrogen and oxygen atoms in total. The van der Waals surface area contributed by atoms with Crippen molar-refractivity contribution in [3.8, 4) is 0 Å². The lowest BCUT2D eigenvalue weighted by atomic mass is 9.83. The molecule has 1 heterocycles. The molecule has 1 fully saturated rings. The van der Waals surface area contributed by atoms with E-state index in [1.165, 1.54) is 0 Å². The van der Waals surface area contributed by atoms with Gasteiger partial charge in [0.2, 0.25) is 5.91 Å². The Balaban J connectivity index is 2.40. The van der Waals surface area contributed by atoms with Crippen LogP contribution in [0.4, 0.5) is 0 Å². The van der Waals surface area contributed by atoms with Crippen molar-refractivity contribution in [3.05, 3.63) is 34.9 Å². The number of hydrogen-bond acceptors (Lipinski definition) is 1. The van der Waals surface area contributed by atoms with Crippen LogP contribution in [0.1, 0.15) is 31.7 Å². The molecule has 0 aliphatic carbocycles. The number of nitrogens with one attached hydrogen (secondary N) is 1. The number of benzene rings is 1. The molecule has 0 radical (unpaired) electrons. The van der Waals surface area contributed by atoms with Gasteiger partial charge in [0.05, 0.1) is 0 Å². The Kier molecular flexibility index (Phi) is 2.47. The maximum atomic E-state index is 11.4. The summed E-state index contributed by atoms with van der Waals surface area (Å²) in [7, 11) is 0. The zero-order valence-corrected chi connectivity index (χ0v) is 9.64. The number of halogens is 1. The topological polar surface area (TPSA) is 29.1 Å². The minimum Gasteiger partial charge on any atom is -0.351 e. The lowest BCUT2D eigenvalue weighted by molar-refractivity contribution is -0.119. The fraction of sp³-hybridized carbons (Fsp3) is 0.417. The second-order valence-electron chi connectivity index (χ2n) is 4.55. The van der Waals surface area contributed by atoms with Crippen molar-refractivity contribution in [1.82, 2.24) is 5.32 Å². The summed E-state index contributed by atoms with van der Waals surface area (Å²) < 4.78 is 0. The van der Waals surface area contributed by atoms with E-state index < -0.39 is 0 Å². The van der Waals surface area contributed by atoms with Crippen molar-refractivity contribution in [2.75, 3.05) is 0 Å². The number of rotatable bonds is 1. The normalized spacial score (nSPS) is 23.9. The Morgan fingerprint density at radius 3 is 2.60 bits per heavy atom. The van der Waals surface area contributed by atoms with Crippen LogP contribution in [0.15, 0.2) is 24.3 Å². The molecule has 1 unspecified atom stereocenters. The third-order valence-corrected chi connectivity index (χ3v) is 3.35. The summed E-state index contributed by atoms with van der Waals surface area (Å²) in [6, 6.07) is 7.73. The maximum Gasteiger partial charge on any atom is 0.221 e. The summed E-state index contributed by atoms with van der Waals surface area (Å²) in [6.07, 6.45) is 0.525. The van der Waals surface area contributed by atoms with Gasteiger partial charge < -0.3 is 5.32 Å². The number of amides is 1. The molecule has 2 rings (SSSR count). The monoisotopic (exact) mass is 223 g/mol. The van der Waals surface area contributed by atoms with Crippen molar-refractivity contribution in [1.29, 1.82) is 0 Å². The first kappa shape index (κ1) is 10.5. The zero-order valence-electron chi connectivity index (χ0n) is 8.88. The number of carbonyl (C=O) groups excluding carboxylic acids is 1. The fourth-order valence-corrected chi connectivity index (χ4v) is 2.46. The largest absolute Gasteiger partial charge is 0.351 e. The lowest BCUT2D eigenvalue weighted by Crippen LogP contribution is -2.38. The van der Waals surface area contributed by atoms with Gasteiger partial charge in [-0.3, -0.25) is 4.79 Å². The predicted octanol–water partition coefficient (Wildman–Crippen LogP) is 2.72. The molecular formula is C12H14ClNO. The summed E-state index contributed by atoms with van der Waals surface area (Å²) in [6.45, 7) is 4.07. The quantitative estimate of drug-likeness (QED) is 0.780. The van der Waals surface area contributed by atoms with E-state index >= 15 is 0 Å². The minimum absolute atomic E-state index is 0.102. The SMILES string of the molecule is CC1(C)NC(=O)CC1c1ccccc1Cl. The average Bonchev–Trinajstić information content (AvgIpc) is 2.40. The molecule has 3 heteroatoms. The summed E-state index contributed by atoms with van der Waals surface area (Å²) in [4.78, 5) is 11.4. The molecule has 15 heavy (non-hydrogen) atoms. The molecular weight excluding hydrogens is 210 g/mol. The van der Waals surface area contributed by atoms with Gasteiger partial charge >= 0.3 is 0 Å². The predicted molar refractivity (Wildman–Crippen MR) is 61.0 cm³/mol. The van der Waals surface area contributed by atoms with Gasteiger partial charge in [-0.1, -0.05) is 29.8 Å². The van der Waals surface area contributed by atoms with E-state index in [2.05, 4.69) is 5.32 Å². The van der Waals surface area contributed by atoms with Gasteiger partial charge in [-0.05, 0) is 25.5 Å². The van der Waals surface area contributed by atoms with Crippen molar-refractivity contribution < 1.29 is 4.79 Å². The fourth-order valence-electron chi connectivity index (χ4n) is 2.19. The van der Waals surface area contributed by atoms with Gasteiger partial charge in [-0.2, -0.15) is 0 Å². The van der Waals surface area contributed by atoms with Crippen LogP contribution in [0.5, 0.6) is 0 Å².